The Bertz CT molecular complexity index is 148. The normalized spacial score (nSPS) is 9.83. The molecule has 12 heavy (non-hydrogen) atoms. The van der Waals surface area contributed by atoms with Crippen molar-refractivity contribution >= 4 is 12.3 Å². The molecule has 0 aliphatic rings. The molecule has 0 aromatic heterocycles. The Labute approximate surface area is 69.2 Å². The number of carbonyl (C=O) groups excluding carboxylic acids is 1. The summed E-state index contributed by atoms with van der Waals surface area (Å²) in [6.45, 7) is 0.243. The Morgan fingerprint density at radius 3 is 3.00 bits per heavy atom. The molecule has 0 unspecified atom stereocenters. The summed E-state index contributed by atoms with van der Waals surface area (Å²) < 4.78 is 0. The second kappa shape index (κ2) is 7.72. The Kier molecular flexibility index (Phi) is 6.84. The largest absolute Gasteiger partial charge is 0.335 e. The lowest BCUT2D eigenvalue weighted by atomic mass is 10.5. The van der Waals surface area contributed by atoms with E-state index in [0.717, 1.165) is 6.34 Å². The smallest absolute Gasteiger partial charge is 0.330 e. The number of rotatable bonds is 6. The van der Waals surface area contributed by atoms with Crippen LogP contribution in [0, 0.1) is 0 Å². The van der Waals surface area contributed by atoms with Gasteiger partial charge in [-0.1, -0.05) is 0 Å². The number of hydrazine groups is 2. The molecule has 0 fully saturated rings. The Hall–Kier alpha value is -1.38. The first kappa shape index (κ1) is 10.6. The van der Waals surface area contributed by atoms with Gasteiger partial charge in [-0.15, -0.1) is 10.7 Å². The molecule has 0 saturated carbocycles. The number of nitrogens with two attached hydrogens (primary N) is 2. The van der Waals surface area contributed by atoms with Crippen molar-refractivity contribution in [1.29, 1.82) is 0 Å². The molecule has 0 rings (SSSR count). The zero-order valence-corrected chi connectivity index (χ0v) is 6.41. The summed E-state index contributed by atoms with van der Waals surface area (Å²) in [7, 11) is 0. The quantitative estimate of drug-likeness (QED) is 0.129. The first-order chi connectivity index (χ1) is 5.81. The zero-order chi connectivity index (χ0) is 9.23. The summed E-state index contributed by atoms with van der Waals surface area (Å²) in [6, 6.07) is 0. The third kappa shape index (κ3) is 6.74. The summed E-state index contributed by atoms with van der Waals surface area (Å²) in [5.74, 6) is 4.34. The van der Waals surface area contributed by atoms with Gasteiger partial charge in [0.1, 0.15) is 6.34 Å². The van der Waals surface area contributed by atoms with Gasteiger partial charge in [0, 0.05) is 6.54 Å². The minimum absolute atomic E-state index is 0.144. The maximum atomic E-state index is 10.6. The molecule has 0 atom stereocenters. The molecule has 0 heterocycles. The fraction of sp³-hybridized carbons (Fsp3) is 0.500. The van der Waals surface area contributed by atoms with Gasteiger partial charge in [-0.2, -0.15) is 5.53 Å². The van der Waals surface area contributed by atoms with Crippen LogP contribution >= 0.6 is 0 Å². The van der Waals surface area contributed by atoms with Gasteiger partial charge in [0.25, 0.3) is 0 Å². The van der Waals surface area contributed by atoms with E-state index < -0.39 is 5.97 Å². The molecular weight excluding hydrogens is 164 g/mol. The first-order valence-corrected chi connectivity index (χ1v) is 3.18. The topological polar surface area (TPSA) is 127 Å². The second-order valence-corrected chi connectivity index (χ2v) is 1.65. The average molecular weight is 176 g/mol. The van der Waals surface area contributed by atoms with Crippen molar-refractivity contribution in [2.24, 2.45) is 16.7 Å². The van der Waals surface area contributed by atoms with Crippen molar-refractivity contribution < 1.29 is 9.63 Å². The van der Waals surface area contributed by atoms with Crippen molar-refractivity contribution in [3.05, 3.63) is 0 Å². The lowest BCUT2D eigenvalue weighted by Crippen LogP contribution is -2.37. The molecule has 0 aromatic carbocycles. The highest BCUT2D eigenvalue weighted by Gasteiger charge is 1.97. The number of nitrogens with zero attached hydrogens (tertiary/aromatic N) is 1. The number of carbonyl (C=O) groups is 1. The lowest BCUT2D eigenvalue weighted by molar-refractivity contribution is -0.150. The minimum Gasteiger partial charge on any atom is -0.330 e. The molecule has 0 aromatic rings. The Morgan fingerprint density at radius 1 is 1.67 bits per heavy atom. The van der Waals surface area contributed by atoms with Crippen LogP contribution in [0.1, 0.15) is 6.42 Å². The third-order valence-corrected chi connectivity index (χ3v) is 0.773. The first-order valence-electron chi connectivity index (χ1n) is 3.18. The molecule has 0 aliphatic heterocycles. The molecule has 70 valence electrons. The van der Waals surface area contributed by atoms with E-state index in [9.17, 15) is 4.79 Å². The predicted molar refractivity (Wildman–Crippen MR) is 41.8 cm³/mol. The molecule has 8 nitrogen and oxygen atoms in total. The average Bonchev–Trinajstić information content (AvgIpc) is 2.05. The highest BCUT2D eigenvalue weighted by Crippen LogP contribution is 1.78. The summed E-state index contributed by atoms with van der Waals surface area (Å²) in [6.07, 6.45) is 1.31. The number of hydrogen-bond donors (Lipinski definition) is 5. The van der Waals surface area contributed by atoms with Crippen molar-refractivity contribution in [1.82, 2.24) is 16.5 Å². The molecule has 0 amide bonds. The van der Waals surface area contributed by atoms with Crippen molar-refractivity contribution in [3.8, 4) is 0 Å². The minimum atomic E-state index is -0.477. The van der Waals surface area contributed by atoms with Crippen LogP contribution in [0.3, 0.4) is 0 Å². The van der Waals surface area contributed by atoms with E-state index in [1.807, 2.05) is 5.59 Å². The molecular formula is C4H12N6O2. The van der Waals surface area contributed by atoms with Crippen LogP contribution in [0.2, 0.25) is 0 Å². The summed E-state index contributed by atoms with van der Waals surface area (Å²) in [5, 5.41) is 3.37. The van der Waals surface area contributed by atoms with Gasteiger partial charge in [0.05, 0.1) is 6.42 Å². The number of hydrogen-bond acceptors (Lipinski definition) is 7. The SMILES string of the molecule is NCCC(=O)ONN=CNNN. The molecule has 0 radical (unpaired) electrons. The second-order valence-electron chi connectivity index (χ2n) is 1.65. The van der Waals surface area contributed by atoms with E-state index in [1.165, 1.54) is 0 Å². The number of nitrogens with one attached hydrogen (secondary N) is 3. The van der Waals surface area contributed by atoms with E-state index in [0.29, 0.717) is 0 Å². The molecule has 0 bridgehead atoms. The zero-order valence-electron chi connectivity index (χ0n) is 6.41. The Morgan fingerprint density at radius 2 is 2.42 bits per heavy atom. The van der Waals surface area contributed by atoms with Gasteiger partial charge >= 0.3 is 5.97 Å². The fourth-order valence-electron chi connectivity index (χ4n) is 0.342. The van der Waals surface area contributed by atoms with Crippen LogP contribution < -0.4 is 28.1 Å². The number of hydrazone groups is 1. The van der Waals surface area contributed by atoms with E-state index in [2.05, 4.69) is 20.9 Å². The summed E-state index contributed by atoms with van der Waals surface area (Å²) in [4.78, 5) is 14.9. The van der Waals surface area contributed by atoms with Crippen LogP contribution in [0.5, 0.6) is 0 Å². The van der Waals surface area contributed by atoms with Gasteiger partial charge in [-0.25, -0.2) is 4.79 Å². The van der Waals surface area contributed by atoms with Crippen molar-refractivity contribution in [3.63, 3.8) is 0 Å². The van der Waals surface area contributed by atoms with Gasteiger partial charge in [0.2, 0.25) is 0 Å². The summed E-state index contributed by atoms with van der Waals surface area (Å²) >= 11 is 0. The third-order valence-electron chi connectivity index (χ3n) is 0.773. The Balaban J connectivity index is 3.24. The van der Waals surface area contributed by atoms with Crippen LogP contribution in [0.15, 0.2) is 5.10 Å². The van der Waals surface area contributed by atoms with Crippen molar-refractivity contribution in [2.45, 2.75) is 6.42 Å². The summed E-state index contributed by atoms with van der Waals surface area (Å²) in [5.41, 5.74) is 11.5. The van der Waals surface area contributed by atoms with Gasteiger partial charge in [0.15, 0.2) is 0 Å². The fourth-order valence-corrected chi connectivity index (χ4v) is 0.342. The molecule has 7 N–H and O–H groups in total. The van der Waals surface area contributed by atoms with Crippen LogP contribution in [-0.4, -0.2) is 18.9 Å². The lowest BCUT2D eigenvalue weighted by Gasteiger charge is -1.99. The van der Waals surface area contributed by atoms with E-state index in [-0.39, 0.29) is 13.0 Å². The highest BCUT2D eigenvalue weighted by atomic mass is 16.7. The van der Waals surface area contributed by atoms with Crippen LogP contribution in [0.25, 0.3) is 0 Å². The highest BCUT2D eigenvalue weighted by molar-refractivity contribution is 5.69. The maximum Gasteiger partial charge on any atom is 0.335 e. The van der Waals surface area contributed by atoms with Gasteiger partial charge in [-0.3, -0.25) is 11.3 Å². The molecule has 0 saturated heterocycles. The molecule has 8 heteroatoms. The van der Waals surface area contributed by atoms with Crippen LogP contribution in [-0.2, 0) is 9.63 Å². The predicted octanol–water partition coefficient (Wildman–Crippen LogP) is -2.71. The van der Waals surface area contributed by atoms with Crippen LogP contribution in [0.4, 0.5) is 0 Å². The molecule has 0 aliphatic carbocycles. The van der Waals surface area contributed by atoms with E-state index in [4.69, 9.17) is 11.6 Å². The maximum absolute atomic E-state index is 10.6. The monoisotopic (exact) mass is 176 g/mol. The van der Waals surface area contributed by atoms with Gasteiger partial charge < -0.3 is 10.6 Å². The van der Waals surface area contributed by atoms with E-state index >= 15 is 0 Å². The van der Waals surface area contributed by atoms with Gasteiger partial charge in [-0.05, 0) is 0 Å². The standard InChI is InChI=1S/C4H12N6O2/c5-2-1-4(11)12-10-8-3-7-9-6/h3,9-10H,1-2,5-6H2,(H,7,8). The van der Waals surface area contributed by atoms with E-state index in [1.54, 1.807) is 0 Å². The van der Waals surface area contributed by atoms with Crippen molar-refractivity contribution in [2.75, 3.05) is 6.54 Å². The molecule has 0 spiro atoms.